The monoisotopic (exact) mass is 492 g/mol. The smallest absolute Gasteiger partial charge is 0.223 e. The van der Waals surface area contributed by atoms with E-state index in [2.05, 4.69) is 69.1 Å². The minimum absolute atomic E-state index is 0.141. The van der Waals surface area contributed by atoms with Crippen LogP contribution in [0.3, 0.4) is 0 Å². The lowest BCUT2D eigenvalue weighted by atomic mass is 9.95. The number of nitrogens with zero attached hydrogens (tertiary/aromatic N) is 3. The maximum atomic E-state index is 12.9. The highest BCUT2D eigenvalue weighted by atomic mass is 35.5. The Morgan fingerprint density at radius 2 is 1.77 bits per heavy atom. The van der Waals surface area contributed by atoms with Gasteiger partial charge in [0.15, 0.2) is 0 Å². The predicted molar refractivity (Wildman–Crippen MR) is 144 cm³/mol. The first-order valence-corrected chi connectivity index (χ1v) is 13.5. The molecule has 3 heterocycles. The second kappa shape index (κ2) is 11.2. The van der Waals surface area contributed by atoms with Crippen molar-refractivity contribution in [3.05, 3.63) is 70.9 Å². The number of aromatic nitrogens is 1. The molecule has 2 saturated heterocycles. The van der Waals surface area contributed by atoms with E-state index in [1.807, 2.05) is 12.1 Å². The highest BCUT2D eigenvalue weighted by Crippen LogP contribution is 2.25. The molecule has 0 saturated carbocycles. The SMILES string of the molecule is CCN1CCC[C@@H]1CNC(=O)C1CCN(Cc2cc3ccccc3n2Cc2ccc(Cl)cc2)CC1. The molecule has 5 rings (SSSR count). The molecule has 0 radical (unpaired) electrons. The normalized spacial score (nSPS) is 20.0. The predicted octanol–water partition coefficient (Wildman–Crippen LogP) is 5.16. The van der Waals surface area contributed by atoms with Crippen LogP contribution in [0.25, 0.3) is 10.9 Å². The van der Waals surface area contributed by atoms with Crippen LogP contribution in [0, 0.1) is 5.92 Å². The van der Waals surface area contributed by atoms with E-state index in [1.54, 1.807) is 0 Å². The average molecular weight is 493 g/mol. The molecule has 2 fully saturated rings. The number of rotatable bonds is 8. The van der Waals surface area contributed by atoms with Crippen molar-refractivity contribution in [2.75, 3.05) is 32.7 Å². The summed E-state index contributed by atoms with van der Waals surface area (Å²) in [4.78, 5) is 17.8. The summed E-state index contributed by atoms with van der Waals surface area (Å²) in [5.74, 6) is 0.395. The van der Waals surface area contributed by atoms with Crippen LogP contribution in [0.4, 0.5) is 0 Å². The molecule has 1 N–H and O–H groups in total. The van der Waals surface area contributed by atoms with Gasteiger partial charge in [0, 0.05) is 47.8 Å². The van der Waals surface area contributed by atoms with Crippen molar-refractivity contribution < 1.29 is 4.79 Å². The van der Waals surface area contributed by atoms with Gasteiger partial charge in [-0.1, -0.05) is 48.9 Å². The van der Waals surface area contributed by atoms with Gasteiger partial charge in [0.2, 0.25) is 5.91 Å². The molecule has 2 aliphatic heterocycles. The fourth-order valence-corrected chi connectivity index (χ4v) is 5.97. The van der Waals surface area contributed by atoms with Gasteiger partial charge < -0.3 is 9.88 Å². The van der Waals surface area contributed by atoms with E-state index >= 15 is 0 Å². The number of piperidine rings is 1. The molecule has 3 aromatic rings. The lowest BCUT2D eigenvalue weighted by Gasteiger charge is -2.32. The summed E-state index contributed by atoms with van der Waals surface area (Å²) in [7, 11) is 0. The lowest BCUT2D eigenvalue weighted by Crippen LogP contribution is -2.44. The molecular formula is C29H37ClN4O. The Labute approximate surface area is 214 Å². The van der Waals surface area contributed by atoms with Gasteiger partial charge in [0.25, 0.3) is 0 Å². The minimum Gasteiger partial charge on any atom is -0.354 e. The first-order valence-electron chi connectivity index (χ1n) is 13.2. The standard InChI is InChI=1S/C29H37ClN4O/c1-2-33-15-5-7-26(33)19-31-29(35)23-13-16-32(17-14-23)21-27-18-24-6-3-4-8-28(24)34(27)20-22-9-11-25(30)12-10-22/h3-4,6,8-12,18,23,26H,2,5,7,13-17,19-21H2,1H3,(H,31,35)/t26-/m1/s1. The second-order valence-corrected chi connectivity index (χ2v) is 10.6. The van der Waals surface area contributed by atoms with E-state index in [4.69, 9.17) is 11.6 Å². The topological polar surface area (TPSA) is 40.5 Å². The molecule has 2 aliphatic rings. The number of carbonyl (C=O) groups is 1. The van der Waals surface area contributed by atoms with Crippen molar-refractivity contribution in [2.45, 2.75) is 51.7 Å². The van der Waals surface area contributed by atoms with Crippen molar-refractivity contribution in [3.8, 4) is 0 Å². The van der Waals surface area contributed by atoms with Crippen LogP contribution >= 0.6 is 11.6 Å². The molecule has 0 unspecified atom stereocenters. The van der Waals surface area contributed by atoms with E-state index < -0.39 is 0 Å². The van der Waals surface area contributed by atoms with Crippen LogP contribution in [0.1, 0.15) is 43.9 Å². The number of benzene rings is 2. The van der Waals surface area contributed by atoms with E-state index in [0.717, 1.165) is 57.1 Å². The van der Waals surface area contributed by atoms with Crippen LogP contribution in [0.2, 0.25) is 5.02 Å². The minimum atomic E-state index is 0.141. The second-order valence-electron chi connectivity index (χ2n) is 10.1. The molecule has 6 heteroatoms. The van der Waals surface area contributed by atoms with Gasteiger partial charge in [-0.05, 0) is 87.1 Å². The van der Waals surface area contributed by atoms with Gasteiger partial charge in [-0.2, -0.15) is 0 Å². The van der Waals surface area contributed by atoms with Crippen molar-refractivity contribution in [2.24, 2.45) is 5.92 Å². The number of carbonyl (C=O) groups excluding carboxylic acids is 1. The van der Waals surface area contributed by atoms with Crippen LogP contribution in [0.5, 0.6) is 0 Å². The number of para-hydroxylation sites is 1. The molecular weight excluding hydrogens is 456 g/mol. The highest BCUT2D eigenvalue weighted by Gasteiger charge is 2.28. The van der Waals surface area contributed by atoms with Gasteiger partial charge in [0.1, 0.15) is 0 Å². The van der Waals surface area contributed by atoms with Gasteiger partial charge in [-0.3, -0.25) is 14.6 Å². The number of nitrogens with one attached hydrogen (secondary N) is 1. The van der Waals surface area contributed by atoms with E-state index in [9.17, 15) is 4.79 Å². The third-order valence-corrected chi connectivity index (χ3v) is 8.16. The molecule has 5 nitrogen and oxygen atoms in total. The Hall–Kier alpha value is -2.34. The number of hydrogen-bond acceptors (Lipinski definition) is 3. The fraction of sp³-hybridized carbons (Fsp3) is 0.483. The summed E-state index contributed by atoms with van der Waals surface area (Å²) < 4.78 is 2.43. The van der Waals surface area contributed by atoms with Gasteiger partial charge in [-0.15, -0.1) is 0 Å². The van der Waals surface area contributed by atoms with Gasteiger partial charge in [0.05, 0.1) is 0 Å². The Kier molecular flexibility index (Phi) is 7.76. The van der Waals surface area contributed by atoms with Crippen LogP contribution in [-0.2, 0) is 17.9 Å². The number of hydrogen-bond donors (Lipinski definition) is 1. The Morgan fingerprint density at radius 1 is 1.00 bits per heavy atom. The quantitative estimate of drug-likeness (QED) is 0.472. The molecule has 35 heavy (non-hydrogen) atoms. The number of likely N-dealkylation sites (N-methyl/N-ethyl adjacent to an activating group) is 1. The highest BCUT2D eigenvalue weighted by molar-refractivity contribution is 6.30. The molecule has 1 atom stereocenters. The molecule has 0 bridgehead atoms. The zero-order valence-electron chi connectivity index (χ0n) is 20.8. The number of amides is 1. The summed E-state index contributed by atoms with van der Waals surface area (Å²) in [5, 5.41) is 5.31. The summed E-state index contributed by atoms with van der Waals surface area (Å²) in [5.41, 5.74) is 3.83. The van der Waals surface area contributed by atoms with Gasteiger partial charge >= 0.3 is 0 Å². The molecule has 0 aliphatic carbocycles. The number of likely N-dealkylation sites (tertiary alicyclic amines) is 2. The Morgan fingerprint density at radius 3 is 2.54 bits per heavy atom. The van der Waals surface area contributed by atoms with E-state index in [1.165, 1.54) is 41.5 Å². The Balaban J connectivity index is 1.20. The Bertz CT molecular complexity index is 1130. The molecule has 1 aromatic heterocycles. The lowest BCUT2D eigenvalue weighted by molar-refractivity contribution is -0.126. The summed E-state index contributed by atoms with van der Waals surface area (Å²) in [6.45, 7) is 8.93. The maximum absolute atomic E-state index is 12.9. The first-order chi connectivity index (χ1) is 17.1. The third kappa shape index (κ3) is 5.74. The third-order valence-electron chi connectivity index (χ3n) is 7.91. The average Bonchev–Trinajstić information content (AvgIpc) is 3.48. The van der Waals surface area contributed by atoms with Crippen molar-refractivity contribution in [3.63, 3.8) is 0 Å². The summed E-state index contributed by atoms with van der Waals surface area (Å²) in [6, 6.07) is 19.6. The van der Waals surface area contributed by atoms with Crippen molar-refractivity contribution >= 4 is 28.4 Å². The summed E-state index contributed by atoms with van der Waals surface area (Å²) >= 11 is 6.10. The first kappa shape index (κ1) is 24.4. The summed E-state index contributed by atoms with van der Waals surface area (Å²) in [6.07, 6.45) is 4.33. The zero-order valence-corrected chi connectivity index (χ0v) is 21.5. The van der Waals surface area contributed by atoms with Crippen molar-refractivity contribution in [1.29, 1.82) is 0 Å². The molecule has 1 amide bonds. The zero-order chi connectivity index (χ0) is 24.2. The van der Waals surface area contributed by atoms with E-state index in [-0.39, 0.29) is 11.8 Å². The fourth-order valence-electron chi connectivity index (χ4n) is 5.85. The van der Waals surface area contributed by atoms with E-state index in [0.29, 0.717) is 6.04 Å². The molecule has 0 spiro atoms. The van der Waals surface area contributed by atoms with Gasteiger partial charge in [-0.25, -0.2) is 0 Å². The molecule has 2 aromatic carbocycles. The van der Waals surface area contributed by atoms with Crippen LogP contribution < -0.4 is 5.32 Å². The maximum Gasteiger partial charge on any atom is 0.223 e. The van der Waals surface area contributed by atoms with Crippen LogP contribution in [-0.4, -0.2) is 59.0 Å². The largest absolute Gasteiger partial charge is 0.354 e. The number of halogens is 1. The molecule has 186 valence electrons. The number of fused-ring (bicyclic) bond motifs is 1. The van der Waals surface area contributed by atoms with Crippen LogP contribution in [0.15, 0.2) is 54.6 Å². The van der Waals surface area contributed by atoms with Crippen molar-refractivity contribution in [1.82, 2.24) is 19.7 Å².